The maximum Gasteiger partial charge on any atom is 0.352 e. The summed E-state index contributed by atoms with van der Waals surface area (Å²) in [5.41, 5.74) is -0.0924. The lowest BCUT2D eigenvalue weighted by Crippen LogP contribution is -2.71. The van der Waals surface area contributed by atoms with Crippen LogP contribution in [0.4, 0.5) is 0 Å². The zero-order valence-corrected chi connectivity index (χ0v) is 21.6. The van der Waals surface area contributed by atoms with Gasteiger partial charge in [-0.2, -0.15) is 0 Å². The van der Waals surface area contributed by atoms with Gasteiger partial charge in [-0.05, 0) is 77.9 Å². The lowest BCUT2D eigenvalue weighted by Gasteiger charge is -2.58. The van der Waals surface area contributed by atoms with Crippen LogP contribution in [0, 0.1) is 6.92 Å². The number of nitrogens with one attached hydrogen (secondary N) is 1. The van der Waals surface area contributed by atoms with Crippen LogP contribution in [0.5, 0.6) is 11.5 Å². The van der Waals surface area contributed by atoms with Crippen molar-refractivity contribution in [2.45, 2.75) is 81.8 Å². The van der Waals surface area contributed by atoms with Crippen LogP contribution in [-0.4, -0.2) is 79.1 Å². The second kappa shape index (κ2) is 9.04. The normalized spacial score (nSPS) is 33.9. The number of nitrogens with zero attached hydrogens (tertiary/aromatic N) is 1. The summed E-state index contributed by atoms with van der Waals surface area (Å²) in [7, 11) is 3.59. The fraction of sp³-hybridized carbons (Fsp3) is 0.630. The number of methoxy groups -OCH3 is 1. The van der Waals surface area contributed by atoms with E-state index in [0.717, 1.165) is 30.6 Å². The maximum atomic E-state index is 13.1. The monoisotopic (exact) mass is 500 g/mol. The summed E-state index contributed by atoms with van der Waals surface area (Å²) in [5.74, 6) is 0.367. The number of aliphatic hydroxyl groups is 1. The minimum Gasteiger partial charge on any atom is -0.493 e. The number of fused-ring (bicyclic) bond motifs is 1. The number of esters is 2. The molecule has 0 unspecified atom stereocenters. The number of hydrogen-bond donors (Lipinski definition) is 2. The molecule has 36 heavy (non-hydrogen) atoms. The molecule has 1 spiro atoms. The summed E-state index contributed by atoms with van der Waals surface area (Å²) < 4.78 is 23.4. The minimum absolute atomic E-state index is 0.166. The topological polar surface area (TPSA) is 107 Å². The number of rotatable bonds is 5. The Morgan fingerprint density at radius 3 is 2.81 bits per heavy atom. The fourth-order valence-electron chi connectivity index (χ4n) is 6.54. The molecule has 0 radical (unpaired) electrons. The predicted molar refractivity (Wildman–Crippen MR) is 131 cm³/mol. The van der Waals surface area contributed by atoms with Crippen LogP contribution in [0.1, 0.15) is 50.7 Å². The molecule has 1 aliphatic carbocycles. The van der Waals surface area contributed by atoms with Crippen LogP contribution in [0.25, 0.3) is 0 Å². The van der Waals surface area contributed by atoms with Gasteiger partial charge in [0.1, 0.15) is 11.8 Å². The number of carbonyl (C=O) groups is 2. The Kier molecular flexibility index (Phi) is 6.29. The molecule has 2 N–H and O–H groups in total. The van der Waals surface area contributed by atoms with E-state index in [4.69, 9.17) is 18.9 Å². The van der Waals surface area contributed by atoms with Crippen LogP contribution in [0.2, 0.25) is 0 Å². The van der Waals surface area contributed by atoms with Crippen molar-refractivity contribution in [1.82, 2.24) is 10.2 Å². The van der Waals surface area contributed by atoms with Crippen molar-refractivity contribution in [2.24, 2.45) is 0 Å². The summed E-state index contributed by atoms with van der Waals surface area (Å²) in [5, 5.41) is 15.4. The zero-order valence-electron chi connectivity index (χ0n) is 21.6. The molecule has 3 heterocycles. The zero-order chi connectivity index (χ0) is 25.8. The van der Waals surface area contributed by atoms with Crippen LogP contribution in [0.15, 0.2) is 24.0 Å². The van der Waals surface area contributed by atoms with Gasteiger partial charge < -0.3 is 34.3 Å². The summed E-state index contributed by atoms with van der Waals surface area (Å²) in [4.78, 5) is 27.6. The molecule has 5 rings (SSSR count). The molecule has 0 aromatic heterocycles. The molecular weight excluding hydrogens is 464 g/mol. The van der Waals surface area contributed by atoms with Crippen molar-refractivity contribution >= 4 is 11.9 Å². The highest BCUT2D eigenvalue weighted by Gasteiger charge is 2.69. The number of carbonyl (C=O) groups excluding carboxylic acids is 2. The molecule has 0 amide bonds. The predicted octanol–water partition coefficient (Wildman–Crippen LogP) is 1.97. The Morgan fingerprint density at radius 2 is 2.11 bits per heavy atom. The van der Waals surface area contributed by atoms with Crippen molar-refractivity contribution < 1.29 is 33.6 Å². The van der Waals surface area contributed by atoms with E-state index in [9.17, 15) is 14.7 Å². The minimum atomic E-state index is -1.16. The first-order valence-corrected chi connectivity index (χ1v) is 12.8. The van der Waals surface area contributed by atoms with E-state index in [1.54, 1.807) is 13.2 Å². The van der Waals surface area contributed by atoms with Crippen molar-refractivity contribution in [3.63, 3.8) is 0 Å². The average molecular weight is 501 g/mol. The molecule has 196 valence electrons. The van der Waals surface area contributed by atoms with Crippen LogP contribution >= 0.6 is 0 Å². The van der Waals surface area contributed by atoms with Gasteiger partial charge >= 0.3 is 11.9 Å². The van der Waals surface area contributed by atoms with Crippen molar-refractivity contribution in [2.75, 3.05) is 27.2 Å². The maximum absolute atomic E-state index is 13.1. The third-order valence-corrected chi connectivity index (χ3v) is 8.72. The Balaban J connectivity index is 1.48. The summed E-state index contributed by atoms with van der Waals surface area (Å²) in [6.07, 6.45) is 2.44. The Morgan fingerprint density at radius 1 is 1.33 bits per heavy atom. The SMILES string of the molecule is COc1ccc(C)c2c1O[C@H]1C(OC(=O)[C@H](C)OC(=O)[C@@H]3CCCN3)=CC[C@@]3(O)[C@@H](C)N(C)CC[C@]213. The first kappa shape index (κ1) is 25.0. The molecule has 1 aromatic rings. The highest BCUT2D eigenvalue weighted by atomic mass is 16.6. The Labute approximate surface area is 211 Å². The molecule has 2 saturated heterocycles. The molecule has 0 saturated carbocycles. The van der Waals surface area contributed by atoms with Gasteiger partial charge in [0.05, 0.1) is 18.1 Å². The van der Waals surface area contributed by atoms with E-state index in [2.05, 4.69) is 10.2 Å². The largest absolute Gasteiger partial charge is 0.493 e. The number of benzene rings is 1. The van der Waals surface area contributed by atoms with Crippen LogP contribution < -0.4 is 14.8 Å². The van der Waals surface area contributed by atoms with Gasteiger partial charge in [0.15, 0.2) is 23.7 Å². The van der Waals surface area contributed by atoms with Gasteiger partial charge in [-0.3, -0.25) is 4.79 Å². The molecule has 9 heteroatoms. The average Bonchev–Trinajstić information content (AvgIpc) is 3.51. The van der Waals surface area contributed by atoms with Gasteiger partial charge in [0, 0.05) is 18.0 Å². The first-order chi connectivity index (χ1) is 17.1. The molecule has 2 fully saturated rings. The Hall–Kier alpha value is -2.62. The van der Waals surface area contributed by atoms with E-state index >= 15 is 0 Å². The van der Waals surface area contributed by atoms with Crippen molar-refractivity contribution in [1.29, 1.82) is 0 Å². The van der Waals surface area contributed by atoms with E-state index in [1.165, 1.54) is 6.92 Å². The second-order valence-electron chi connectivity index (χ2n) is 10.5. The van der Waals surface area contributed by atoms with E-state index in [-0.39, 0.29) is 12.5 Å². The fourth-order valence-corrected chi connectivity index (χ4v) is 6.54. The highest BCUT2D eigenvalue weighted by molar-refractivity contribution is 5.82. The number of ether oxygens (including phenoxy) is 4. The van der Waals surface area contributed by atoms with E-state index < -0.39 is 41.2 Å². The van der Waals surface area contributed by atoms with Crippen LogP contribution in [-0.2, 0) is 24.5 Å². The van der Waals surface area contributed by atoms with Gasteiger partial charge in [0.25, 0.3) is 0 Å². The quantitative estimate of drug-likeness (QED) is 0.587. The van der Waals surface area contributed by atoms with Gasteiger partial charge in [-0.15, -0.1) is 0 Å². The summed E-state index contributed by atoms with van der Waals surface area (Å²) in [6.45, 7) is 7.04. The van der Waals surface area contributed by atoms with Gasteiger partial charge in [-0.1, -0.05) is 6.07 Å². The third-order valence-electron chi connectivity index (χ3n) is 8.72. The number of likely N-dealkylation sites (tertiary alicyclic amines) is 1. The molecule has 4 aliphatic rings. The number of piperidine rings is 1. The lowest BCUT2D eigenvalue weighted by atomic mass is 9.54. The van der Waals surface area contributed by atoms with Crippen LogP contribution in [0.3, 0.4) is 0 Å². The van der Waals surface area contributed by atoms with Crippen molar-refractivity contribution in [3.05, 3.63) is 35.1 Å². The van der Waals surface area contributed by atoms with Gasteiger partial charge in [-0.25, -0.2) is 4.79 Å². The molecule has 0 bridgehead atoms. The number of aryl methyl sites for hydroxylation is 1. The molecular formula is C27H36N2O7. The summed E-state index contributed by atoms with van der Waals surface area (Å²) in [6, 6.07) is 3.27. The standard InChI is InChI=1S/C27H36N2O7/c1-15-8-9-19(33-5)22-21(15)26-12-14-29(4)17(3)27(26,32)11-10-20(23(26)36-22)35-24(30)16(2)34-25(31)18-7-6-13-28-18/h8-10,16-18,23,28,32H,6-7,11-14H2,1-5H3/t16-,17+,18-,23-,26-,27+/m0/s1. The highest BCUT2D eigenvalue weighted by Crippen LogP contribution is 2.62. The molecule has 1 aromatic carbocycles. The smallest absolute Gasteiger partial charge is 0.352 e. The van der Waals surface area contributed by atoms with Crippen molar-refractivity contribution in [3.8, 4) is 11.5 Å². The third kappa shape index (κ3) is 3.55. The van der Waals surface area contributed by atoms with E-state index in [1.807, 2.05) is 33.0 Å². The van der Waals surface area contributed by atoms with E-state index in [0.29, 0.717) is 30.1 Å². The molecule has 3 aliphatic heterocycles. The Bertz CT molecular complexity index is 1100. The number of hydrogen-bond acceptors (Lipinski definition) is 9. The molecule has 9 nitrogen and oxygen atoms in total. The summed E-state index contributed by atoms with van der Waals surface area (Å²) >= 11 is 0. The number of likely N-dealkylation sites (N-methyl/N-ethyl adjacent to an activating group) is 1. The molecule has 6 atom stereocenters. The lowest BCUT2D eigenvalue weighted by molar-refractivity contribution is -0.172. The first-order valence-electron chi connectivity index (χ1n) is 12.8. The van der Waals surface area contributed by atoms with Gasteiger partial charge in [0.2, 0.25) is 0 Å². The second-order valence-corrected chi connectivity index (χ2v) is 10.5.